The Morgan fingerprint density at radius 2 is 1.67 bits per heavy atom. The lowest BCUT2D eigenvalue weighted by atomic mass is 9.99. The van der Waals surface area contributed by atoms with Crippen LogP contribution in [0.5, 0.6) is 11.5 Å². The number of hydrogen-bond donors (Lipinski definition) is 0. The molecule has 0 amide bonds. The molecule has 2 aromatic carbocycles. The van der Waals surface area contributed by atoms with Crippen LogP contribution in [0.25, 0.3) is 0 Å². The minimum Gasteiger partial charge on any atom is -0.497 e. The summed E-state index contributed by atoms with van der Waals surface area (Å²) >= 11 is 0. The first kappa shape index (κ1) is 19.7. The Balaban J connectivity index is 1.71. The van der Waals surface area contributed by atoms with Gasteiger partial charge in [-0.25, -0.2) is 0 Å². The maximum Gasteiger partial charge on any atom is 0.226 e. The van der Waals surface area contributed by atoms with Crippen molar-refractivity contribution >= 4 is 0 Å². The highest BCUT2D eigenvalue weighted by molar-refractivity contribution is 5.31. The molecular formula is C23H30O4. The number of benzene rings is 2. The fourth-order valence-electron chi connectivity index (χ4n) is 3.16. The van der Waals surface area contributed by atoms with Crippen molar-refractivity contribution < 1.29 is 18.9 Å². The average molecular weight is 370 g/mol. The molecule has 3 unspecified atom stereocenters. The minimum atomic E-state index is -0.477. The molecule has 4 heteroatoms. The Labute approximate surface area is 162 Å². The van der Waals surface area contributed by atoms with E-state index in [9.17, 15) is 0 Å². The molecule has 1 heterocycles. The van der Waals surface area contributed by atoms with Crippen LogP contribution in [0.3, 0.4) is 0 Å². The molecule has 0 N–H and O–H groups in total. The Morgan fingerprint density at radius 3 is 2.26 bits per heavy atom. The van der Waals surface area contributed by atoms with Crippen LogP contribution in [-0.4, -0.2) is 26.4 Å². The molecule has 0 spiro atoms. The first-order chi connectivity index (χ1) is 13.2. The van der Waals surface area contributed by atoms with Gasteiger partial charge in [-0.3, -0.25) is 0 Å². The van der Waals surface area contributed by atoms with Crippen molar-refractivity contribution in [3.05, 3.63) is 59.7 Å². The third-order valence-corrected chi connectivity index (χ3v) is 5.15. The van der Waals surface area contributed by atoms with E-state index < -0.39 is 6.29 Å². The summed E-state index contributed by atoms with van der Waals surface area (Å²) in [6.45, 7) is 5.79. The maximum atomic E-state index is 6.18. The Morgan fingerprint density at radius 1 is 1.00 bits per heavy atom. The van der Waals surface area contributed by atoms with Crippen LogP contribution in [0.1, 0.15) is 56.4 Å². The molecule has 146 valence electrons. The van der Waals surface area contributed by atoms with E-state index in [4.69, 9.17) is 18.9 Å². The lowest BCUT2D eigenvalue weighted by Gasteiger charge is -2.22. The van der Waals surface area contributed by atoms with E-state index in [-0.39, 0.29) is 6.10 Å². The van der Waals surface area contributed by atoms with Crippen LogP contribution in [0, 0.1) is 0 Å². The summed E-state index contributed by atoms with van der Waals surface area (Å²) in [6.07, 6.45) is 2.94. The number of hydrogen-bond acceptors (Lipinski definition) is 4. The summed E-state index contributed by atoms with van der Waals surface area (Å²) in [6, 6.07) is 16.1. The molecule has 3 atom stereocenters. The van der Waals surface area contributed by atoms with Gasteiger partial charge in [0.25, 0.3) is 0 Å². The number of ether oxygens (including phenoxy) is 4. The van der Waals surface area contributed by atoms with E-state index in [0.29, 0.717) is 12.5 Å². The monoisotopic (exact) mass is 370 g/mol. The van der Waals surface area contributed by atoms with Crippen molar-refractivity contribution in [2.45, 2.75) is 51.4 Å². The largest absolute Gasteiger partial charge is 0.497 e. The zero-order chi connectivity index (χ0) is 19.1. The minimum absolute atomic E-state index is 0.155. The van der Waals surface area contributed by atoms with Crippen LogP contribution in [-0.2, 0) is 9.47 Å². The van der Waals surface area contributed by atoms with Gasteiger partial charge in [-0.1, -0.05) is 26.0 Å². The first-order valence-corrected chi connectivity index (χ1v) is 9.83. The molecule has 0 radical (unpaired) electrons. The molecule has 0 saturated carbocycles. The summed E-state index contributed by atoms with van der Waals surface area (Å²) in [5.41, 5.74) is 2.28. The van der Waals surface area contributed by atoms with E-state index in [1.54, 1.807) is 7.11 Å². The lowest BCUT2D eigenvalue weighted by molar-refractivity contribution is -0.111. The van der Waals surface area contributed by atoms with E-state index in [2.05, 4.69) is 26.0 Å². The SMILES string of the molecule is CCC(C)c1ccc(OC(OCC2CCCO2)c2ccc(OC)cc2)cc1. The topological polar surface area (TPSA) is 36.9 Å². The van der Waals surface area contributed by atoms with Crippen LogP contribution < -0.4 is 9.47 Å². The molecule has 1 saturated heterocycles. The van der Waals surface area contributed by atoms with Gasteiger partial charge in [0.1, 0.15) is 11.5 Å². The quantitative estimate of drug-likeness (QED) is 0.548. The van der Waals surface area contributed by atoms with Crippen molar-refractivity contribution in [3.8, 4) is 11.5 Å². The Hall–Kier alpha value is -2.04. The van der Waals surface area contributed by atoms with Crippen LogP contribution in [0.2, 0.25) is 0 Å². The molecule has 27 heavy (non-hydrogen) atoms. The highest BCUT2D eigenvalue weighted by Gasteiger charge is 2.21. The van der Waals surface area contributed by atoms with Crippen molar-refractivity contribution in [2.24, 2.45) is 0 Å². The van der Waals surface area contributed by atoms with Gasteiger partial charge in [-0.05, 0) is 67.1 Å². The second kappa shape index (κ2) is 9.77. The van der Waals surface area contributed by atoms with Gasteiger partial charge in [0.15, 0.2) is 0 Å². The lowest BCUT2D eigenvalue weighted by Crippen LogP contribution is -2.20. The molecular weight excluding hydrogens is 340 g/mol. The smallest absolute Gasteiger partial charge is 0.226 e. The number of methoxy groups -OCH3 is 1. The first-order valence-electron chi connectivity index (χ1n) is 9.83. The molecule has 4 nitrogen and oxygen atoms in total. The summed E-state index contributed by atoms with van der Waals surface area (Å²) in [5.74, 6) is 2.16. The van der Waals surface area contributed by atoms with E-state index in [0.717, 1.165) is 42.9 Å². The molecule has 1 fully saturated rings. The van der Waals surface area contributed by atoms with Crippen molar-refractivity contribution in [2.75, 3.05) is 20.3 Å². The van der Waals surface area contributed by atoms with Gasteiger partial charge in [0, 0.05) is 12.2 Å². The zero-order valence-electron chi connectivity index (χ0n) is 16.5. The third kappa shape index (κ3) is 5.47. The molecule has 0 aromatic heterocycles. The second-order valence-electron chi connectivity index (χ2n) is 7.07. The average Bonchev–Trinajstić information content (AvgIpc) is 3.24. The van der Waals surface area contributed by atoms with E-state index >= 15 is 0 Å². The van der Waals surface area contributed by atoms with Gasteiger partial charge in [-0.15, -0.1) is 0 Å². The van der Waals surface area contributed by atoms with Gasteiger partial charge in [-0.2, -0.15) is 0 Å². The fraction of sp³-hybridized carbons (Fsp3) is 0.478. The fourth-order valence-corrected chi connectivity index (χ4v) is 3.16. The van der Waals surface area contributed by atoms with Crippen LogP contribution in [0.15, 0.2) is 48.5 Å². The molecule has 1 aliphatic rings. The molecule has 1 aliphatic heterocycles. The standard InChI is InChI=1S/C23H30O4/c1-4-17(2)18-7-13-21(14-8-18)27-23(26-16-22-6-5-15-25-22)19-9-11-20(24-3)12-10-19/h7-14,17,22-23H,4-6,15-16H2,1-3H3. The van der Waals surface area contributed by atoms with Crippen LogP contribution in [0.4, 0.5) is 0 Å². The number of rotatable bonds is 9. The molecule has 3 rings (SSSR count). The van der Waals surface area contributed by atoms with Gasteiger partial charge < -0.3 is 18.9 Å². The highest BCUT2D eigenvalue weighted by atomic mass is 16.7. The van der Waals surface area contributed by atoms with Gasteiger partial charge >= 0.3 is 0 Å². The summed E-state index contributed by atoms with van der Waals surface area (Å²) in [4.78, 5) is 0. The Kier molecular flexibility index (Phi) is 7.13. The predicted molar refractivity (Wildman–Crippen MR) is 106 cm³/mol. The third-order valence-electron chi connectivity index (χ3n) is 5.15. The van der Waals surface area contributed by atoms with Gasteiger partial charge in [0.2, 0.25) is 6.29 Å². The maximum absolute atomic E-state index is 6.18. The van der Waals surface area contributed by atoms with Crippen molar-refractivity contribution in [1.82, 2.24) is 0 Å². The normalized spacial score (nSPS) is 18.9. The highest BCUT2D eigenvalue weighted by Crippen LogP contribution is 2.28. The predicted octanol–water partition coefficient (Wildman–Crippen LogP) is 5.48. The van der Waals surface area contributed by atoms with Crippen molar-refractivity contribution in [1.29, 1.82) is 0 Å². The Bertz CT molecular complexity index is 675. The molecule has 0 bridgehead atoms. The zero-order valence-corrected chi connectivity index (χ0v) is 16.5. The summed E-state index contributed by atoms with van der Waals surface area (Å²) in [7, 11) is 1.66. The molecule has 2 aromatic rings. The van der Waals surface area contributed by atoms with E-state index in [1.807, 2.05) is 36.4 Å². The van der Waals surface area contributed by atoms with Crippen molar-refractivity contribution in [3.63, 3.8) is 0 Å². The van der Waals surface area contributed by atoms with Crippen LogP contribution >= 0.6 is 0 Å². The summed E-state index contributed by atoms with van der Waals surface area (Å²) in [5, 5.41) is 0. The van der Waals surface area contributed by atoms with E-state index in [1.165, 1.54) is 5.56 Å². The molecule has 0 aliphatic carbocycles. The summed E-state index contributed by atoms with van der Waals surface area (Å²) < 4.78 is 23.2. The van der Waals surface area contributed by atoms with Gasteiger partial charge in [0.05, 0.1) is 19.8 Å². The second-order valence-corrected chi connectivity index (χ2v) is 7.07.